The first kappa shape index (κ1) is 25.0. The largest absolute Gasteiger partial charge is 0.481 e. The van der Waals surface area contributed by atoms with Gasteiger partial charge in [0.05, 0.1) is 12.3 Å². The second-order valence-electron chi connectivity index (χ2n) is 7.28. The summed E-state index contributed by atoms with van der Waals surface area (Å²) in [4.78, 5) is 24.6. The Balaban J connectivity index is 1.46. The van der Waals surface area contributed by atoms with Crippen molar-refractivity contribution in [2.24, 2.45) is 7.05 Å². The van der Waals surface area contributed by atoms with Crippen molar-refractivity contribution in [2.75, 3.05) is 11.1 Å². The van der Waals surface area contributed by atoms with Gasteiger partial charge in [0.15, 0.2) is 17.1 Å². The molecular weight excluding hydrogens is 553 g/mol. The summed E-state index contributed by atoms with van der Waals surface area (Å²) in [7, 11) is 1.80. The Morgan fingerprint density at radius 1 is 1.12 bits per heavy atom. The SMILES string of the molecule is CCc1ccc(O[C@H](C)C(=O)NCc2nnc(SCC(=O)Nc3ccc(I)cc3)n2C)cc1. The van der Waals surface area contributed by atoms with Crippen LogP contribution in [0.3, 0.4) is 0 Å². The lowest BCUT2D eigenvalue weighted by Gasteiger charge is -2.15. The van der Waals surface area contributed by atoms with Gasteiger partial charge < -0.3 is 19.9 Å². The minimum absolute atomic E-state index is 0.128. The summed E-state index contributed by atoms with van der Waals surface area (Å²) in [6.07, 6.45) is 0.301. The first-order chi connectivity index (χ1) is 15.9. The normalized spacial score (nSPS) is 11.6. The minimum Gasteiger partial charge on any atom is -0.481 e. The third kappa shape index (κ3) is 7.46. The van der Waals surface area contributed by atoms with Gasteiger partial charge in [-0.05, 0) is 77.9 Å². The molecule has 174 valence electrons. The van der Waals surface area contributed by atoms with Gasteiger partial charge in [0.25, 0.3) is 5.91 Å². The second kappa shape index (κ2) is 12.0. The highest BCUT2D eigenvalue weighted by atomic mass is 127. The molecule has 1 heterocycles. The van der Waals surface area contributed by atoms with Crippen molar-refractivity contribution < 1.29 is 14.3 Å². The molecule has 8 nitrogen and oxygen atoms in total. The summed E-state index contributed by atoms with van der Waals surface area (Å²) in [6, 6.07) is 15.3. The number of anilines is 1. The molecule has 0 saturated carbocycles. The number of nitrogens with zero attached hydrogens (tertiary/aromatic N) is 3. The predicted molar refractivity (Wildman–Crippen MR) is 137 cm³/mol. The molecule has 2 aromatic carbocycles. The van der Waals surface area contributed by atoms with E-state index in [0.717, 1.165) is 15.7 Å². The Morgan fingerprint density at radius 2 is 1.82 bits per heavy atom. The Bertz CT molecular complexity index is 1090. The number of amides is 2. The van der Waals surface area contributed by atoms with Crippen LogP contribution in [-0.4, -0.2) is 38.4 Å². The molecule has 0 fully saturated rings. The number of hydrogen-bond acceptors (Lipinski definition) is 6. The minimum atomic E-state index is -0.649. The van der Waals surface area contributed by atoms with E-state index in [4.69, 9.17) is 4.74 Å². The number of carbonyl (C=O) groups is 2. The standard InChI is InChI=1S/C23H26IN5O3S/c1-4-16-5-11-19(12-6-16)32-15(2)22(31)25-13-20-27-28-23(29(20)3)33-14-21(30)26-18-9-7-17(24)8-10-18/h5-12,15H,4,13-14H2,1-3H3,(H,25,31)(H,26,30)/t15-/m1/s1. The Morgan fingerprint density at radius 3 is 2.48 bits per heavy atom. The van der Waals surface area contributed by atoms with Crippen LogP contribution in [0.1, 0.15) is 25.2 Å². The summed E-state index contributed by atoms with van der Waals surface area (Å²) in [5.41, 5.74) is 1.96. The van der Waals surface area contributed by atoms with Crippen molar-refractivity contribution in [1.29, 1.82) is 0 Å². The number of carbonyl (C=O) groups excluding carboxylic acids is 2. The molecule has 3 rings (SSSR count). The molecule has 0 bridgehead atoms. The van der Waals surface area contributed by atoms with Gasteiger partial charge in [-0.1, -0.05) is 30.8 Å². The van der Waals surface area contributed by atoms with E-state index < -0.39 is 6.10 Å². The number of rotatable bonds is 10. The summed E-state index contributed by atoms with van der Waals surface area (Å²) < 4.78 is 8.58. The summed E-state index contributed by atoms with van der Waals surface area (Å²) >= 11 is 3.50. The Kier molecular flexibility index (Phi) is 9.12. The van der Waals surface area contributed by atoms with Crippen molar-refractivity contribution in [1.82, 2.24) is 20.1 Å². The van der Waals surface area contributed by atoms with Crippen LogP contribution in [0.25, 0.3) is 0 Å². The van der Waals surface area contributed by atoms with Gasteiger partial charge in [-0.2, -0.15) is 0 Å². The lowest BCUT2D eigenvalue weighted by atomic mass is 10.2. The van der Waals surface area contributed by atoms with Gasteiger partial charge in [0.1, 0.15) is 5.75 Å². The van der Waals surface area contributed by atoms with Gasteiger partial charge in [-0.25, -0.2) is 0 Å². The number of benzene rings is 2. The quantitative estimate of drug-likeness (QED) is 0.280. The molecule has 0 unspecified atom stereocenters. The number of aryl methyl sites for hydroxylation is 1. The number of halogens is 1. The first-order valence-corrected chi connectivity index (χ1v) is 12.5. The highest BCUT2D eigenvalue weighted by Crippen LogP contribution is 2.17. The van der Waals surface area contributed by atoms with Crippen molar-refractivity contribution in [2.45, 2.75) is 38.1 Å². The third-order valence-corrected chi connectivity index (χ3v) is 6.56. The highest BCUT2D eigenvalue weighted by molar-refractivity contribution is 14.1. The number of thioether (sulfide) groups is 1. The van der Waals surface area contributed by atoms with Gasteiger partial charge >= 0.3 is 0 Å². The zero-order valence-electron chi connectivity index (χ0n) is 18.7. The molecule has 2 N–H and O–H groups in total. The average molecular weight is 579 g/mol. The maximum absolute atomic E-state index is 12.4. The molecule has 10 heteroatoms. The second-order valence-corrected chi connectivity index (χ2v) is 9.47. The third-order valence-electron chi connectivity index (χ3n) is 4.82. The number of aromatic nitrogens is 3. The van der Waals surface area contributed by atoms with Crippen molar-refractivity contribution in [3.05, 3.63) is 63.5 Å². The predicted octanol–water partition coefficient (Wildman–Crippen LogP) is 3.80. The van der Waals surface area contributed by atoms with Crippen molar-refractivity contribution in [3.8, 4) is 5.75 Å². The average Bonchev–Trinajstić information content (AvgIpc) is 3.17. The van der Waals surface area contributed by atoms with Crippen LogP contribution in [0.5, 0.6) is 5.75 Å². The summed E-state index contributed by atoms with van der Waals surface area (Å²) in [6.45, 7) is 4.00. The van der Waals surface area contributed by atoms with Crippen LogP contribution in [-0.2, 0) is 29.6 Å². The molecule has 0 spiro atoms. The fourth-order valence-electron chi connectivity index (χ4n) is 2.86. The van der Waals surface area contributed by atoms with Crippen LogP contribution in [0.15, 0.2) is 53.7 Å². The molecule has 0 aliphatic heterocycles. The smallest absolute Gasteiger partial charge is 0.261 e. The van der Waals surface area contributed by atoms with Gasteiger partial charge in [-0.3, -0.25) is 9.59 Å². The number of hydrogen-bond donors (Lipinski definition) is 2. The molecule has 2 amide bonds. The lowest BCUT2D eigenvalue weighted by Crippen LogP contribution is -2.36. The van der Waals surface area contributed by atoms with E-state index in [1.807, 2.05) is 48.5 Å². The van der Waals surface area contributed by atoms with Gasteiger partial charge in [-0.15, -0.1) is 10.2 Å². The van der Waals surface area contributed by atoms with E-state index in [1.165, 1.54) is 17.3 Å². The highest BCUT2D eigenvalue weighted by Gasteiger charge is 2.17. The maximum Gasteiger partial charge on any atom is 0.261 e. The van der Waals surface area contributed by atoms with Crippen molar-refractivity contribution >= 4 is 51.9 Å². The van der Waals surface area contributed by atoms with E-state index in [-0.39, 0.29) is 24.1 Å². The zero-order chi connectivity index (χ0) is 23.8. The topological polar surface area (TPSA) is 98.1 Å². The molecule has 1 aromatic heterocycles. The van der Waals surface area contributed by atoms with Crippen LogP contribution in [0.4, 0.5) is 5.69 Å². The fraction of sp³-hybridized carbons (Fsp3) is 0.304. The fourth-order valence-corrected chi connectivity index (χ4v) is 3.95. The van der Waals surface area contributed by atoms with Crippen LogP contribution in [0.2, 0.25) is 0 Å². The van der Waals surface area contributed by atoms with Gasteiger partial charge in [0, 0.05) is 16.3 Å². The molecule has 0 radical (unpaired) electrons. The van der Waals surface area contributed by atoms with Crippen LogP contribution in [0, 0.1) is 3.57 Å². The molecule has 0 aliphatic carbocycles. The van der Waals surface area contributed by atoms with E-state index in [2.05, 4.69) is 50.3 Å². The maximum atomic E-state index is 12.4. The van der Waals surface area contributed by atoms with Crippen LogP contribution < -0.4 is 15.4 Å². The molecule has 0 saturated heterocycles. The van der Waals surface area contributed by atoms with E-state index in [1.54, 1.807) is 18.5 Å². The van der Waals surface area contributed by atoms with Crippen LogP contribution >= 0.6 is 34.4 Å². The van der Waals surface area contributed by atoms with E-state index in [9.17, 15) is 9.59 Å². The first-order valence-electron chi connectivity index (χ1n) is 10.5. The molecular formula is C23H26IN5O3S. The number of ether oxygens (including phenoxy) is 1. The summed E-state index contributed by atoms with van der Waals surface area (Å²) in [5.74, 6) is 1.06. The monoisotopic (exact) mass is 579 g/mol. The summed E-state index contributed by atoms with van der Waals surface area (Å²) in [5, 5.41) is 14.5. The van der Waals surface area contributed by atoms with Crippen molar-refractivity contribution in [3.63, 3.8) is 0 Å². The Hall–Kier alpha value is -2.60. The van der Waals surface area contributed by atoms with Gasteiger partial charge in [0.2, 0.25) is 5.91 Å². The Labute approximate surface area is 211 Å². The molecule has 33 heavy (non-hydrogen) atoms. The zero-order valence-corrected chi connectivity index (χ0v) is 21.6. The molecule has 0 aliphatic rings. The van der Waals surface area contributed by atoms with E-state index >= 15 is 0 Å². The lowest BCUT2D eigenvalue weighted by molar-refractivity contribution is -0.127. The van der Waals surface area contributed by atoms with E-state index in [0.29, 0.717) is 16.7 Å². The number of nitrogens with one attached hydrogen (secondary N) is 2. The molecule has 1 atom stereocenters. The molecule has 3 aromatic rings.